The molecule has 18 nitrogen and oxygen atoms in total. The number of ether oxygens (including phenoxy) is 2. The Morgan fingerprint density at radius 3 is 1.83 bits per heavy atom. The molecule has 2 atom stereocenters. The molecule has 3 amide bonds. The zero-order valence-corrected chi connectivity index (χ0v) is 36.1. The molecule has 22 heteroatoms. The smallest absolute Gasteiger partial charge is 0.419 e. The molecule has 0 bridgehead atoms. The van der Waals surface area contributed by atoms with Crippen molar-refractivity contribution in [3.8, 4) is 0 Å². The van der Waals surface area contributed by atoms with E-state index in [9.17, 15) is 28.0 Å². The SMILES string of the molecule is C.Cn1cc2c(c1C(=O)Nc1ccc(F)c(Cl)c1)CCC2N.Cn1cc2c(c1C(=O)Nc1ccc(F)c(Cl)c1)CCC2NC(=O)OCc1ncco1.O=C(OCc1ncco1)n1ccnc1. The highest BCUT2D eigenvalue weighted by molar-refractivity contribution is 6.31. The maximum atomic E-state index is 13.3. The molecule has 0 saturated carbocycles. The molecule has 5 heterocycles. The van der Waals surface area contributed by atoms with Crippen LogP contribution >= 0.6 is 23.2 Å². The fourth-order valence-electron chi connectivity index (χ4n) is 7.24. The van der Waals surface area contributed by atoms with Crippen LogP contribution < -0.4 is 21.7 Å². The van der Waals surface area contributed by atoms with Gasteiger partial charge in [0, 0.05) is 56.3 Å². The number of benzene rings is 2. The summed E-state index contributed by atoms with van der Waals surface area (Å²) in [5.41, 5.74) is 11.7. The molecule has 2 unspecified atom stereocenters. The number of carbonyl (C=O) groups excluding carboxylic acids is 4. The second-order valence-corrected chi connectivity index (χ2v) is 15.4. The zero-order valence-electron chi connectivity index (χ0n) is 34.6. The Kier molecular flexibility index (Phi) is 15.8. The summed E-state index contributed by atoms with van der Waals surface area (Å²) < 4.78 is 51.1. The minimum Gasteiger partial charge on any atom is -0.446 e. The van der Waals surface area contributed by atoms with Gasteiger partial charge in [-0.15, -0.1) is 0 Å². The number of nitrogens with zero attached hydrogens (tertiary/aromatic N) is 6. The first-order valence-electron chi connectivity index (χ1n) is 19.7. The fourth-order valence-corrected chi connectivity index (χ4v) is 7.60. The molecule has 66 heavy (non-hydrogen) atoms. The summed E-state index contributed by atoms with van der Waals surface area (Å²) in [5.74, 6) is -0.988. The van der Waals surface area contributed by atoms with Crippen molar-refractivity contribution < 1.29 is 46.3 Å². The average molecular weight is 950 g/mol. The van der Waals surface area contributed by atoms with Gasteiger partial charge in [-0.05, 0) is 84.3 Å². The number of anilines is 2. The van der Waals surface area contributed by atoms with Crippen LogP contribution in [0.3, 0.4) is 0 Å². The summed E-state index contributed by atoms with van der Waals surface area (Å²) in [6.07, 6.45) is 15.6. The molecule has 346 valence electrons. The van der Waals surface area contributed by atoms with E-state index in [2.05, 4.69) is 30.9 Å². The molecule has 2 aliphatic rings. The van der Waals surface area contributed by atoms with Gasteiger partial charge in [0.2, 0.25) is 11.8 Å². The third-order valence-electron chi connectivity index (χ3n) is 10.2. The monoisotopic (exact) mass is 948 g/mol. The van der Waals surface area contributed by atoms with Crippen molar-refractivity contribution in [2.24, 2.45) is 19.8 Å². The van der Waals surface area contributed by atoms with E-state index in [1.807, 2.05) is 19.4 Å². The number of halogens is 4. The Labute approximate surface area is 386 Å². The van der Waals surface area contributed by atoms with Crippen molar-refractivity contribution in [3.63, 3.8) is 0 Å². The molecule has 2 aliphatic carbocycles. The first kappa shape index (κ1) is 48.2. The maximum absolute atomic E-state index is 13.3. The first-order valence-corrected chi connectivity index (χ1v) is 20.5. The molecule has 5 aromatic heterocycles. The van der Waals surface area contributed by atoms with Crippen molar-refractivity contribution in [2.75, 3.05) is 10.6 Å². The summed E-state index contributed by atoms with van der Waals surface area (Å²) in [6, 6.07) is 7.80. The van der Waals surface area contributed by atoms with Crippen LogP contribution in [0.1, 0.15) is 87.4 Å². The molecule has 0 spiro atoms. The van der Waals surface area contributed by atoms with E-state index in [0.717, 1.165) is 35.1 Å². The van der Waals surface area contributed by atoms with E-state index >= 15 is 0 Å². The number of hydrogen-bond acceptors (Lipinski definition) is 12. The number of hydrogen-bond donors (Lipinski definition) is 4. The topological polar surface area (TPSA) is 229 Å². The van der Waals surface area contributed by atoms with Crippen LogP contribution in [0.4, 0.5) is 29.7 Å². The number of nitrogens with two attached hydrogens (primary N) is 1. The zero-order chi connectivity index (χ0) is 46.2. The highest BCUT2D eigenvalue weighted by Gasteiger charge is 2.32. The first-order chi connectivity index (χ1) is 31.2. The Balaban J connectivity index is 0.000000174. The van der Waals surface area contributed by atoms with E-state index in [4.69, 9.17) is 47.2 Å². The van der Waals surface area contributed by atoms with E-state index in [0.29, 0.717) is 47.4 Å². The number of aryl methyl sites for hydroxylation is 2. The lowest BCUT2D eigenvalue weighted by molar-refractivity contribution is 0.101. The van der Waals surface area contributed by atoms with Crippen molar-refractivity contribution in [1.82, 2.24) is 34.0 Å². The van der Waals surface area contributed by atoms with Gasteiger partial charge in [-0.3, -0.25) is 9.59 Å². The van der Waals surface area contributed by atoms with Crippen LogP contribution in [-0.4, -0.2) is 52.7 Å². The van der Waals surface area contributed by atoms with Crippen LogP contribution in [-0.2, 0) is 49.6 Å². The highest BCUT2D eigenvalue weighted by atomic mass is 35.5. The second kappa shape index (κ2) is 21.6. The largest absolute Gasteiger partial charge is 0.446 e. The lowest BCUT2D eigenvalue weighted by Crippen LogP contribution is -2.27. The Bertz CT molecular complexity index is 2790. The Morgan fingerprint density at radius 1 is 0.788 bits per heavy atom. The van der Waals surface area contributed by atoms with Gasteiger partial charge in [-0.1, -0.05) is 30.6 Å². The molecule has 0 fully saturated rings. The highest BCUT2D eigenvalue weighted by Crippen LogP contribution is 2.36. The number of fused-ring (bicyclic) bond motifs is 2. The average Bonchev–Trinajstić information content (AvgIpc) is 4.14. The molecular weight excluding hydrogens is 905 g/mol. The number of nitrogens with one attached hydrogen (secondary N) is 3. The molecule has 2 aromatic carbocycles. The predicted octanol–water partition coefficient (Wildman–Crippen LogP) is 8.68. The third-order valence-corrected chi connectivity index (χ3v) is 10.8. The molecule has 9 rings (SSSR count). The van der Waals surface area contributed by atoms with E-state index in [1.54, 1.807) is 16.2 Å². The quantitative estimate of drug-likeness (QED) is 0.107. The van der Waals surface area contributed by atoms with E-state index in [-0.39, 0.29) is 54.6 Å². The standard InChI is InChI=1S/C20H18ClFN4O4.C15H15ClFN3O.C8H7N3O3.CH4/c1-26-9-13-12(18(26)19(27)24-11-2-4-15(22)14(21)8-11)3-5-16(13)25-20(28)30-10-17-23-6-7-29-17;1-20-7-10-9(3-5-13(10)18)14(20)15(21)19-8-2-4-12(17)11(16)6-8;12-8(11-3-1-9-6-11)14-5-7-10-2-4-13-7;/h2,4,6-9,16H,3,5,10H2,1H3,(H,24,27)(H,25,28);2,4,6-7,13H,3,5,18H2,1H3,(H,19,21);1-4,6H,5H2;1H4. The van der Waals surface area contributed by atoms with E-state index < -0.39 is 23.8 Å². The van der Waals surface area contributed by atoms with Gasteiger partial charge in [0.05, 0.1) is 28.5 Å². The molecular formula is C44H44Cl2F2N10O8. The van der Waals surface area contributed by atoms with E-state index in [1.165, 1.54) is 84.6 Å². The summed E-state index contributed by atoms with van der Waals surface area (Å²) in [6.45, 7) is -0.0505. The minimum absolute atomic E-state index is 0. The lowest BCUT2D eigenvalue weighted by Gasteiger charge is -2.12. The van der Waals surface area contributed by atoms with Gasteiger partial charge < -0.3 is 49.1 Å². The maximum Gasteiger partial charge on any atom is 0.419 e. The number of aromatic nitrogens is 6. The van der Waals surface area contributed by atoms with Crippen LogP contribution in [0.15, 0.2) is 101 Å². The van der Waals surface area contributed by atoms with Gasteiger partial charge in [-0.2, -0.15) is 0 Å². The number of alkyl carbamates (subject to hydrolysis) is 1. The van der Waals surface area contributed by atoms with Crippen molar-refractivity contribution in [3.05, 3.63) is 160 Å². The number of amides is 3. The number of rotatable bonds is 9. The van der Waals surface area contributed by atoms with Crippen LogP contribution in [0.25, 0.3) is 0 Å². The summed E-state index contributed by atoms with van der Waals surface area (Å²) >= 11 is 11.5. The normalized spacial score (nSPS) is 14.3. The summed E-state index contributed by atoms with van der Waals surface area (Å²) in [5, 5.41) is 8.19. The van der Waals surface area contributed by atoms with Gasteiger partial charge >= 0.3 is 12.2 Å². The van der Waals surface area contributed by atoms with Crippen LogP contribution in [0.5, 0.6) is 0 Å². The van der Waals surface area contributed by atoms with Gasteiger partial charge in [0.25, 0.3) is 11.8 Å². The van der Waals surface area contributed by atoms with Gasteiger partial charge in [0.1, 0.15) is 41.9 Å². The molecule has 0 aliphatic heterocycles. The third kappa shape index (κ3) is 11.5. The van der Waals surface area contributed by atoms with Crippen molar-refractivity contribution in [2.45, 2.75) is 58.4 Å². The van der Waals surface area contributed by atoms with Gasteiger partial charge in [-0.25, -0.2) is 37.9 Å². The molecule has 7 aromatic rings. The number of oxazole rings is 2. The fraction of sp³-hybridized carbons (Fsp3) is 0.250. The molecule has 0 radical (unpaired) electrons. The van der Waals surface area contributed by atoms with Crippen molar-refractivity contribution in [1.29, 1.82) is 0 Å². The Hall–Kier alpha value is -7.29. The van der Waals surface area contributed by atoms with Crippen molar-refractivity contribution >= 4 is 58.6 Å². The van der Waals surface area contributed by atoms with Crippen LogP contribution in [0.2, 0.25) is 10.0 Å². The minimum atomic E-state index is -0.596. The predicted molar refractivity (Wildman–Crippen MR) is 237 cm³/mol. The molecule has 0 saturated heterocycles. The second-order valence-electron chi connectivity index (χ2n) is 14.5. The summed E-state index contributed by atoms with van der Waals surface area (Å²) in [4.78, 5) is 60.0. The number of imidazole rings is 1. The molecule has 5 N–H and O–H groups in total. The Morgan fingerprint density at radius 2 is 1.32 bits per heavy atom. The van der Waals surface area contributed by atoms with Crippen LogP contribution in [0, 0.1) is 11.6 Å². The lowest BCUT2D eigenvalue weighted by atomic mass is 10.1. The number of carbonyl (C=O) groups is 4. The van der Waals surface area contributed by atoms with Gasteiger partial charge in [0.15, 0.2) is 13.2 Å². The summed E-state index contributed by atoms with van der Waals surface area (Å²) in [7, 11) is 3.57.